The molecule has 0 saturated carbocycles. The van der Waals surface area contributed by atoms with Gasteiger partial charge < -0.3 is 4.74 Å². The lowest BCUT2D eigenvalue weighted by molar-refractivity contribution is 0.0476. The highest BCUT2D eigenvalue weighted by Gasteiger charge is 2.11. The average Bonchev–Trinajstić information content (AvgIpc) is 3.17. The van der Waals surface area contributed by atoms with Gasteiger partial charge in [-0.05, 0) is 17.1 Å². The molecule has 0 unspecified atom stereocenters. The van der Waals surface area contributed by atoms with E-state index in [-0.39, 0.29) is 6.61 Å². The van der Waals surface area contributed by atoms with E-state index >= 15 is 0 Å². The van der Waals surface area contributed by atoms with Crippen LogP contribution in [-0.2, 0) is 17.9 Å². The smallest absolute Gasteiger partial charge is 0.341 e. The minimum absolute atomic E-state index is 0.181. The Morgan fingerprint density at radius 2 is 2.10 bits per heavy atom. The van der Waals surface area contributed by atoms with E-state index in [2.05, 4.69) is 14.7 Å². The van der Waals surface area contributed by atoms with Gasteiger partial charge in [-0.1, -0.05) is 34.8 Å². The summed E-state index contributed by atoms with van der Waals surface area (Å²) in [5.74, 6) is -0.400. The molecule has 1 aromatic carbocycles. The first-order valence-electron chi connectivity index (χ1n) is 6.31. The number of hydrogen-bond donors (Lipinski definition) is 0. The summed E-state index contributed by atoms with van der Waals surface area (Å²) in [7, 11) is 0. The van der Waals surface area contributed by atoms with Gasteiger partial charge in [-0.15, -0.1) is 5.10 Å². The van der Waals surface area contributed by atoms with Crippen LogP contribution in [0.5, 0.6) is 0 Å². The maximum atomic E-state index is 11.9. The normalized spacial score (nSPS) is 10.5. The van der Waals surface area contributed by atoms with Gasteiger partial charge in [0, 0.05) is 6.20 Å². The summed E-state index contributed by atoms with van der Waals surface area (Å²) in [6, 6.07) is 9.92. The van der Waals surface area contributed by atoms with E-state index in [9.17, 15) is 4.79 Å². The van der Waals surface area contributed by atoms with E-state index in [0.717, 1.165) is 10.4 Å². The Morgan fingerprint density at radius 1 is 1.24 bits per heavy atom. The first kappa shape index (κ1) is 13.4. The van der Waals surface area contributed by atoms with Gasteiger partial charge >= 0.3 is 5.97 Å². The van der Waals surface area contributed by atoms with Gasteiger partial charge in [0.15, 0.2) is 0 Å². The van der Waals surface area contributed by atoms with E-state index in [1.165, 1.54) is 17.7 Å². The first-order valence-corrected chi connectivity index (χ1v) is 7.08. The number of nitrogens with zero attached hydrogens (tertiary/aromatic N) is 4. The van der Waals surface area contributed by atoms with Crippen LogP contribution >= 0.6 is 11.5 Å². The molecule has 7 heteroatoms. The molecule has 0 aliphatic carbocycles. The lowest BCUT2D eigenvalue weighted by Gasteiger charge is -2.01. The molecule has 3 rings (SSSR count). The monoisotopic (exact) mass is 300 g/mol. The Bertz CT molecular complexity index is 710. The zero-order valence-electron chi connectivity index (χ0n) is 11.0. The van der Waals surface area contributed by atoms with E-state index in [1.807, 2.05) is 30.3 Å². The van der Waals surface area contributed by atoms with Gasteiger partial charge in [0.2, 0.25) is 0 Å². The van der Waals surface area contributed by atoms with Crippen LogP contribution in [0.2, 0.25) is 0 Å². The van der Waals surface area contributed by atoms with Crippen molar-refractivity contribution < 1.29 is 9.53 Å². The van der Waals surface area contributed by atoms with Crippen molar-refractivity contribution in [1.82, 2.24) is 19.4 Å². The minimum atomic E-state index is -0.400. The Hall–Kier alpha value is -2.54. The largest absolute Gasteiger partial charge is 0.456 e. The highest BCUT2D eigenvalue weighted by molar-refractivity contribution is 7.05. The number of carbonyl (C=O) groups excluding carboxylic acids is 1. The Balaban J connectivity index is 1.60. The average molecular weight is 300 g/mol. The van der Waals surface area contributed by atoms with Gasteiger partial charge in [0.25, 0.3) is 0 Å². The van der Waals surface area contributed by atoms with E-state index in [1.54, 1.807) is 17.1 Å². The fourth-order valence-corrected chi connectivity index (χ4v) is 2.20. The molecule has 0 bridgehead atoms. The third-order valence-electron chi connectivity index (χ3n) is 2.81. The van der Waals surface area contributed by atoms with Crippen molar-refractivity contribution in [1.29, 1.82) is 0 Å². The van der Waals surface area contributed by atoms with Gasteiger partial charge in [-0.3, -0.25) is 4.68 Å². The molecule has 0 amide bonds. The molecule has 0 aliphatic rings. The predicted octanol–water partition coefficient (Wildman–Crippen LogP) is 2.14. The quantitative estimate of drug-likeness (QED) is 0.675. The standard InChI is InChI=1S/C14H12N4O2S/c19-14(20-10-13-7-15-17-21-13)12-6-16-18(9-12)8-11-4-2-1-3-5-11/h1-7,9H,8,10H2. The molecule has 6 nitrogen and oxygen atoms in total. The third kappa shape index (κ3) is 3.51. The molecular weight excluding hydrogens is 288 g/mol. The van der Waals surface area contributed by atoms with Crippen molar-refractivity contribution in [3.05, 3.63) is 64.9 Å². The molecule has 0 N–H and O–H groups in total. The zero-order chi connectivity index (χ0) is 14.5. The molecule has 2 heterocycles. The topological polar surface area (TPSA) is 69.9 Å². The number of hydrogen-bond acceptors (Lipinski definition) is 6. The van der Waals surface area contributed by atoms with Crippen LogP contribution in [0.15, 0.2) is 48.9 Å². The second-order valence-electron chi connectivity index (χ2n) is 4.37. The molecule has 0 radical (unpaired) electrons. The number of rotatable bonds is 5. The van der Waals surface area contributed by atoms with Crippen LogP contribution in [0.4, 0.5) is 0 Å². The maximum Gasteiger partial charge on any atom is 0.341 e. The molecule has 2 aromatic heterocycles. The fraction of sp³-hybridized carbons (Fsp3) is 0.143. The third-order valence-corrected chi connectivity index (χ3v) is 3.44. The van der Waals surface area contributed by atoms with E-state index < -0.39 is 5.97 Å². The number of aromatic nitrogens is 4. The fourth-order valence-electron chi connectivity index (χ4n) is 1.80. The van der Waals surface area contributed by atoms with Crippen LogP contribution < -0.4 is 0 Å². The second-order valence-corrected chi connectivity index (χ2v) is 5.24. The Labute approximate surface area is 125 Å². The molecule has 3 aromatic rings. The van der Waals surface area contributed by atoms with Gasteiger partial charge in [0.1, 0.15) is 6.61 Å². The summed E-state index contributed by atoms with van der Waals surface area (Å²) in [5, 5.41) is 7.86. The number of carbonyl (C=O) groups is 1. The summed E-state index contributed by atoms with van der Waals surface area (Å²) < 4.78 is 10.6. The number of ether oxygens (including phenoxy) is 1. The highest BCUT2D eigenvalue weighted by Crippen LogP contribution is 2.08. The minimum Gasteiger partial charge on any atom is -0.456 e. The second kappa shape index (κ2) is 6.27. The van der Waals surface area contributed by atoms with E-state index in [4.69, 9.17) is 4.74 Å². The van der Waals surface area contributed by atoms with Gasteiger partial charge in [-0.25, -0.2) is 4.79 Å². The van der Waals surface area contributed by atoms with Crippen molar-refractivity contribution in [3.63, 3.8) is 0 Å². The van der Waals surface area contributed by atoms with Crippen LogP contribution in [0.3, 0.4) is 0 Å². The zero-order valence-corrected chi connectivity index (χ0v) is 11.9. The van der Waals surface area contributed by atoms with Crippen molar-refractivity contribution >= 4 is 17.5 Å². The summed E-state index contributed by atoms with van der Waals surface area (Å²) in [4.78, 5) is 12.7. The molecule has 0 aliphatic heterocycles. The Kier molecular flexibility index (Phi) is 4.02. The van der Waals surface area contributed by atoms with Crippen LogP contribution in [0, 0.1) is 0 Å². The SMILES string of the molecule is O=C(OCc1cnns1)c1cnn(Cc2ccccc2)c1. The van der Waals surface area contributed by atoms with Crippen molar-refractivity contribution in [2.24, 2.45) is 0 Å². The van der Waals surface area contributed by atoms with Crippen molar-refractivity contribution in [2.45, 2.75) is 13.2 Å². The molecule has 0 atom stereocenters. The molecule has 0 spiro atoms. The van der Waals surface area contributed by atoms with Crippen LogP contribution in [0.1, 0.15) is 20.8 Å². The number of benzene rings is 1. The summed E-state index contributed by atoms with van der Waals surface area (Å²) >= 11 is 1.21. The van der Waals surface area contributed by atoms with E-state index in [0.29, 0.717) is 12.1 Å². The maximum absolute atomic E-state index is 11.9. The van der Waals surface area contributed by atoms with Crippen molar-refractivity contribution in [2.75, 3.05) is 0 Å². The van der Waals surface area contributed by atoms with Crippen LogP contribution in [0.25, 0.3) is 0 Å². The molecule has 106 valence electrons. The number of esters is 1. The van der Waals surface area contributed by atoms with Crippen molar-refractivity contribution in [3.8, 4) is 0 Å². The summed E-state index contributed by atoms with van der Waals surface area (Å²) in [5.41, 5.74) is 1.56. The molecule has 21 heavy (non-hydrogen) atoms. The summed E-state index contributed by atoms with van der Waals surface area (Å²) in [6.45, 7) is 0.799. The Morgan fingerprint density at radius 3 is 2.86 bits per heavy atom. The highest BCUT2D eigenvalue weighted by atomic mass is 32.1. The van der Waals surface area contributed by atoms with Gasteiger partial charge in [-0.2, -0.15) is 5.10 Å². The first-order chi connectivity index (χ1) is 10.3. The predicted molar refractivity (Wildman–Crippen MR) is 76.8 cm³/mol. The lowest BCUT2D eigenvalue weighted by atomic mass is 10.2. The summed E-state index contributed by atoms with van der Waals surface area (Å²) in [6.07, 6.45) is 4.77. The molecular formula is C14H12N4O2S. The van der Waals surface area contributed by atoms with Gasteiger partial charge in [0.05, 0.1) is 29.4 Å². The lowest BCUT2D eigenvalue weighted by Crippen LogP contribution is -2.04. The molecule has 0 fully saturated rings. The van der Waals surface area contributed by atoms with Crippen LogP contribution in [-0.4, -0.2) is 25.3 Å². The molecule has 0 saturated heterocycles.